The number of hydrogen-bond donors (Lipinski definition) is 6. The Morgan fingerprint density at radius 1 is 1.09 bits per heavy atom. The van der Waals surface area contributed by atoms with Crippen LogP contribution in [0.3, 0.4) is 0 Å². The molecule has 3 aliphatic heterocycles. The van der Waals surface area contributed by atoms with E-state index in [4.69, 9.17) is 23.4 Å². The molecule has 6 aliphatic rings. The van der Waals surface area contributed by atoms with Crippen molar-refractivity contribution in [2.45, 2.75) is 101 Å². The number of rotatable bonds is 6. The molecule has 6 N–H and O–H groups in total. The Labute approximate surface area is 263 Å². The van der Waals surface area contributed by atoms with E-state index in [9.17, 15) is 45.0 Å². The average Bonchev–Trinajstić information content (AvgIpc) is 3.28. The number of carbonyl (C=O) groups excluding carboxylic acids is 2. The maximum Gasteiger partial charge on any atom is 0.335 e. The third-order valence-corrected chi connectivity index (χ3v) is 12.7. The summed E-state index contributed by atoms with van der Waals surface area (Å²) in [5, 5.41) is 64.0. The van der Waals surface area contributed by atoms with Crippen LogP contribution in [0.5, 0.6) is 0 Å². The summed E-state index contributed by atoms with van der Waals surface area (Å²) in [6.07, 6.45) is -6.41. The number of ketones is 2. The molecular weight excluding hydrogens is 608 g/mol. The van der Waals surface area contributed by atoms with Crippen molar-refractivity contribution in [2.75, 3.05) is 13.2 Å². The van der Waals surface area contributed by atoms with Crippen LogP contribution in [-0.2, 0) is 33.3 Å². The molecule has 1 aromatic heterocycles. The van der Waals surface area contributed by atoms with Crippen molar-refractivity contribution in [1.29, 1.82) is 0 Å². The second kappa shape index (κ2) is 9.77. The molecule has 0 bridgehead atoms. The van der Waals surface area contributed by atoms with Gasteiger partial charge in [0.05, 0.1) is 42.9 Å². The van der Waals surface area contributed by atoms with Crippen molar-refractivity contribution < 1.29 is 68.4 Å². The SMILES string of the molecule is CC1(C)OC[C@]23C=CC(=O)[C@]12[C@H](O)C(=O)[C@]1(C)[C@@H]3CC[C@@](C)([C@H](O[C@H]2O[C@@H](CO)[C@@H](O)[C@H](O)[C@@H]2O)c2ccoc2)[C@@]12O[C@H]2C(=O)O. The van der Waals surface area contributed by atoms with Crippen molar-refractivity contribution in [3.05, 3.63) is 36.3 Å². The number of hydrogen-bond acceptors (Lipinski definition) is 13. The normalized spacial score (nSPS) is 51.1. The lowest BCUT2D eigenvalue weighted by molar-refractivity contribution is -0.328. The van der Waals surface area contributed by atoms with Gasteiger partial charge in [0.25, 0.3) is 0 Å². The van der Waals surface area contributed by atoms with Gasteiger partial charge in [-0.25, -0.2) is 4.79 Å². The standard InChI is InChI=1S/C32H40O14/c1-27(2)31-17(34)6-9-30(31,13-43-27)16-5-8-28(3,32(24(46-32)25(40)41)29(16,4)21(38)22(31)39)23(14-7-10-42-12-14)45-26-20(37)19(36)18(35)15(11-33)44-26/h6-7,9-10,12,15-16,18-20,22-24,26,33,35-37,39H,5,8,11,13H2,1-4H3,(H,40,41)/t15-,16-,18+,19-,20-,22+,23+,24-,26+,28-,29-,30-,31-,32+/m0/s1. The molecule has 14 atom stereocenters. The zero-order valence-electron chi connectivity index (χ0n) is 25.9. The number of carbonyl (C=O) groups is 3. The van der Waals surface area contributed by atoms with Gasteiger partial charge in [0, 0.05) is 16.4 Å². The van der Waals surface area contributed by atoms with Crippen LogP contribution < -0.4 is 0 Å². The molecule has 0 aromatic carbocycles. The highest BCUT2D eigenvalue weighted by Gasteiger charge is 2.91. The van der Waals surface area contributed by atoms with E-state index in [-0.39, 0.29) is 19.4 Å². The number of ether oxygens (including phenoxy) is 4. The summed E-state index contributed by atoms with van der Waals surface area (Å²) in [4.78, 5) is 41.4. The molecule has 1 spiro atoms. The minimum absolute atomic E-state index is 0.0178. The molecule has 14 heteroatoms. The summed E-state index contributed by atoms with van der Waals surface area (Å²) in [6.45, 7) is 5.96. The van der Waals surface area contributed by atoms with Crippen LogP contribution in [-0.4, -0.2) is 116 Å². The Balaban J connectivity index is 1.39. The molecule has 3 saturated heterocycles. The summed E-state index contributed by atoms with van der Waals surface area (Å²) in [7, 11) is 0. The Bertz CT molecular complexity index is 1490. The van der Waals surface area contributed by atoms with Gasteiger partial charge in [-0.2, -0.15) is 0 Å². The first kappa shape index (κ1) is 32.0. The summed E-state index contributed by atoms with van der Waals surface area (Å²) in [6, 6.07) is 1.56. The van der Waals surface area contributed by atoms with Crippen LogP contribution in [0.25, 0.3) is 0 Å². The fourth-order valence-corrected chi connectivity index (χ4v) is 10.6. The van der Waals surface area contributed by atoms with E-state index >= 15 is 0 Å². The molecule has 252 valence electrons. The third-order valence-electron chi connectivity index (χ3n) is 12.7. The number of furan rings is 1. The lowest BCUT2D eigenvalue weighted by atomic mass is 9.35. The molecule has 0 amide bonds. The topological polar surface area (TPSA) is 226 Å². The zero-order valence-corrected chi connectivity index (χ0v) is 25.9. The number of fused-ring (bicyclic) bond motifs is 2. The lowest BCUT2D eigenvalue weighted by Gasteiger charge is -2.65. The van der Waals surface area contributed by atoms with Gasteiger partial charge in [0.2, 0.25) is 0 Å². The molecule has 5 fully saturated rings. The Hall–Kier alpha value is -2.53. The number of carboxylic acid groups (broad SMARTS) is 1. The van der Waals surface area contributed by atoms with Gasteiger partial charge in [-0.15, -0.1) is 0 Å². The van der Waals surface area contributed by atoms with E-state index in [1.54, 1.807) is 39.8 Å². The molecule has 7 rings (SSSR count). The minimum atomic E-state index is -1.86. The van der Waals surface area contributed by atoms with Crippen molar-refractivity contribution in [2.24, 2.45) is 27.6 Å². The molecule has 1 aromatic rings. The average molecular weight is 649 g/mol. The van der Waals surface area contributed by atoms with Crippen LogP contribution in [0.4, 0.5) is 0 Å². The van der Waals surface area contributed by atoms with Crippen LogP contribution in [0.2, 0.25) is 0 Å². The van der Waals surface area contributed by atoms with Crippen molar-refractivity contribution in [1.82, 2.24) is 0 Å². The highest BCUT2D eigenvalue weighted by molar-refractivity contribution is 6.08. The summed E-state index contributed by atoms with van der Waals surface area (Å²) in [5.74, 6) is -3.20. The molecule has 14 nitrogen and oxygen atoms in total. The molecular formula is C32H40O14. The molecule has 3 aliphatic carbocycles. The molecule has 0 radical (unpaired) electrons. The van der Waals surface area contributed by atoms with E-state index in [1.807, 2.05) is 0 Å². The van der Waals surface area contributed by atoms with E-state index < -0.39 is 112 Å². The number of Topliss-reactive ketones (excluding diaryl/α,β-unsaturated/α-hetero) is 1. The van der Waals surface area contributed by atoms with Crippen LogP contribution in [0, 0.1) is 27.6 Å². The second-order valence-corrected chi connectivity index (χ2v) is 14.7. The largest absolute Gasteiger partial charge is 0.479 e. The van der Waals surface area contributed by atoms with Gasteiger partial charge in [-0.05, 0) is 51.7 Å². The number of aliphatic carboxylic acids is 1. The Morgan fingerprint density at radius 3 is 2.41 bits per heavy atom. The fraction of sp³-hybridized carbons (Fsp3) is 0.719. The van der Waals surface area contributed by atoms with E-state index in [0.717, 1.165) is 0 Å². The number of aliphatic hydroxyl groups is 5. The van der Waals surface area contributed by atoms with Gasteiger partial charge in [-0.1, -0.05) is 13.0 Å². The molecule has 46 heavy (non-hydrogen) atoms. The first-order valence-corrected chi connectivity index (χ1v) is 15.5. The zero-order chi connectivity index (χ0) is 33.4. The van der Waals surface area contributed by atoms with Gasteiger partial charge in [0.1, 0.15) is 41.5 Å². The van der Waals surface area contributed by atoms with Crippen LogP contribution in [0.15, 0.2) is 35.2 Å². The third kappa shape index (κ3) is 3.35. The van der Waals surface area contributed by atoms with Gasteiger partial charge in [-0.3, -0.25) is 9.59 Å². The Kier molecular flexibility index (Phi) is 6.80. The van der Waals surface area contributed by atoms with Crippen molar-refractivity contribution in [3.8, 4) is 0 Å². The smallest absolute Gasteiger partial charge is 0.335 e. The number of aliphatic hydroxyl groups excluding tert-OH is 5. The number of carboxylic acids is 1. The Morgan fingerprint density at radius 2 is 1.80 bits per heavy atom. The lowest BCUT2D eigenvalue weighted by Crippen LogP contribution is -2.77. The first-order chi connectivity index (χ1) is 21.5. The minimum Gasteiger partial charge on any atom is -0.479 e. The van der Waals surface area contributed by atoms with E-state index in [0.29, 0.717) is 5.56 Å². The van der Waals surface area contributed by atoms with E-state index in [2.05, 4.69) is 0 Å². The van der Waals surface area contributed by atoms with Gasteiger partial charge < -0.3 is 54.0 Å². The molecule has 2 saturated carbocycles. The summed E-state index contributed by atoms with van der Waals surface area (Å²) in [5.41, 5.74) is -8.56. The van der Waals surface area contributed by atoms with Crippen LogP contribution in [0.1, 0.15) is 52.2 Å². The highest BCUT2D eigenvalue weighted by atomic mass is 16.7. The summed E-state index contributed by atoms with van der Waals surface area (Å²) >= 11 is 0. The van der Waals surface area contributed by atoms with Gasteiger partial charge in [0.15, 0.2) is 24.0 Å². The molecule has 0 unspecified atom stereocenters. The molecule has 4 heterocycles. The highest BCUT2D eigenvalue weighted by Crippen LogP contribution is 2.80. The fourth-order valence-electron chi connectivity index (χ4n) is 10.6. The number of allylic oxidation sites excluding steroid dienone is 1. The monoisotopic (exact) mass is 648 g/mol. The van der Waals surface area contributed by atoms with E-state index in [1.165, 1.54) is 18.6 Å². The summed E-state index contributed by atoms with van der Waals surface area (Å²) < 4.78 is 29.9. The first-order valence-electron chi connectivity index (χ1n) is 15.5. The quantitative estimate of drug-likeness (QED) is 0.217. The predicted octanol–water partition coefficient (Wildman–Crippen LogP) is -0.354. The predicted molar refractivity (Wildman–Crippen MR) is 151 cm³/mol. The maximum absolute atomic E-state index is 14.8. The van der Waals surface area contributed by atoms with Crippen molar-refractivity contribution in [3.63, 3.8) is 0 Å². The number of epoxide rings is 1. The second-order valence-electron chi connectivity index (χ2n) is 14.7. The van der Waals surface area contributed by atoms with Gasteiger partial charge >= 0.3 is 5.97 Å². The van der Waals surface area contributed by atoms with Crippen molar-refractivity contribution >= 4 is 17.5 Å². The van der Waals surface area contributed by atoms with Crippen LogP contribution >= 0.6 is 0 Å². The maximum atomic E-state index is 14.8.